The zero-order valence-corrected chi connectivity index (χ0v) is 15.1. The van der Waals surface area contributed by atoms with E-state index in [2.05, 4.69) is 15.5 Å². The molecular weight excluding hydrogens is 342 g/mol. The fourth-order valence-corrected chi connectivity index (χ4v) is 3.28. The molecule has 7 nitrogen and oxygen atoms in total. The Morgan fingerprint density at radius 3 is 2.59 bits per heavy atom. The van der Waals surface area contributed by atoms with Crippen LogP contribution in [0.1, 0.15) is 30.0 Å². The molecule has 1 heterocycles. The first-order chi connectivity index (χ1) is 13.3. The van der Waals surface area contributed by atoms with E-state index in [9.17, 15) is 4.79 Å². The van der Waals surface area contributed by atoms with Crippen LogP contribution in [0, 0.1) is 0 Å². The molecule has 0 N–H and O–H groups in total. The molecule has 0 spiro atoms. The highest BCUT2D eigenvalue weighted by atomic mass is 16.5. The third-order valence-corrected chi connectivity index (χ3v) is 4.78. The predicted molar refractivity (Wildman–Crippen MR) is 99.0 cm³/mol. The predicted octanol–water partition coefficient (Wildman–Crippen LogP) is 2.46. The van der Waals surface area contributed by atoms with E-state index in [0.717, 1.165) is 29.7 Å². The van der Waals surface area contributed by atoms with Crippen LogP contribution in [0.4, 0.5) is 0 Å². The lowest BCUT2D eigenvalue weighted by atomic mass is 10.0. The van der Waals surface area contributed by atoms with E-state index in [1.807, 2.05) is 59.5 Å². The molecule has 0 radical (unpaired) electrons. The summed E-state index contributed by atoms with van der Waals surface area (Å²) < 4.78 is 6.99. The number of methoxy groups -OCH3 is 1. The molecule has 27 heavy (non-hydrogen) atoms. The van der Waals surface area contributed by atoms with Crippen molar-refractivity contribution in [2.24, 2.45) is 0 Å². The van der Waals surface area contributed by atoms with Crippen LogP contribution in [0.2, 0.25) is 0 Å². The summed E-state index contributed by atoms with van der Waals surface area (Å²) in [7, 11) is 1.65. The van der Waals surface area contributed by atoms with Gasteiger partial charge in [-0.3, -0.25) is 4.79 Å². The normalized spacial score (nSPS) is 14.6. The number of benzene rings is 2. The van der Waals surface area contributed by atoms with E-state index >= 15 is 0 Å². The minimum atomic E-state index is -0.587. The van der Waals surface area contributed by atoms with E-state index in [1.54, 1.807) is 7.11 Å². The number of tetrazole rings is 1. The number of aromatic nitrogens is 4. The summed E-state index contributed by atoms with van der Waals surface area (Å²) >= 11 is 0. The molecule has 0 saturated heterocycles. The first-order valence-electron chi connectivity index (χ1n) is 8.97. The maximum absolute atomic E-state index is 13.6. The molecule has 1 amide bonds. The highest BCUT2D eigenvalue weighted by Gasteiger charge is 2.38. The van der Waals surface area contributed by atoms with Gasteiger partial charge < -0.3 is 9.64 Å². The van der Waals surface area contributed by atoms with Crippen molar-refractivity contribution in [2.75, 3.05) is 7.11 Å². The molecule has 1 aliphatic rings. The van der Waals surface area contributed by atoms with Gasteiger partial charge in [-0.25, -0.2) is 4.68 Å². The van der Waals surface area contributed by atoms with Crippen LogP contribution in [0.3, 0.4) is 0 Å². The Bertz CT molecular complexity index is 894. The minimum Gasteiger partial charge on any atom is -0.496 e. The monoisotopic (exact) mass is 363 g/mol. The number of carbonyl (C=O) groups is 1. The number of carbonyl (C=O) groups excluding carboxylic acids is 1. The van der Waals surface area contributed by atoms with Crippen molar-refractivity contribution in [3.63, 3.8) is 0 Å². The Morgan fingerprint density at radius 1 is 1.19 bits per heavy atom. The number of hydrogen-bond donors (Lipinski definition) is 0. The van der Waals surface area contributed by atoms with Crippen molar-refractivity contribution in [1.29, 1.82) is 0 Å². The lowest BCUT2D eigenvalue weighted by Crippen LogP contribution is -2.39. The molecule has 138 valence electrons. The van der Waals surface area contributed by atoms with Crippen molar-refractivity contribution in [1.82, 2.24) is 25.1 Å². The molecule has 1 aliphatic carbocycles. The second-order valence-corrected chi connectivity index (χ2v) is 6.61. The highest BCUT2D eigenvalue weighted by molar-refractivity contribution is 5.84. The molecule has 0 bridgehead atoms. The lowest BCUT2D eigenvalue weighted by Gasteiger charge is -2.28. The Balaban J connectivity index is 1.68. The van der Waals surface area contributed by atoms with Crippen LogP contribution in [0.5, 0.6) is 5.75 Å². The van der Waals surface area contributed by atoms with Gasteiger partial charge >= 0.3 is 0 Å². The summed E-state index contributed by atoms with van der Waals surface area (Å²) in [6.07, 6.45) is 3.51. The van der Waals surface area contributed by atoms with Gasteiger partial charge in [0.15, 0.2) is 6.04 Å². The summed E-state index contributed by atoms with van der Waals surface area (Å²) in [5.74, 6) is 0.775. The van der Waals surface area contributed by atoms with Gasteiger partial charge in [-0.1, -0.05) is 48.5 Å². The molecule has 7 heteroatoms. The first-order valence-corrected chi connectivity index (χ1v) is 8.97. The summed E-state index contributed by atoms with van der Waals surface area (Å²) in [6, 6.07) is 17.1. The molecule has 1 saturated carbocycles. The smallest absolute Gasteiger partial charge is 0.252 e. The van der Waals surface area contributed by atoms with Crippen molar-refractivity contribution >= 4 is 5.91 Å². The van der Waals surface area contributed by atoms with E-state index < -0.39 is 6.04 Å². The van der Waals surface area contributed by atoms with Crippen molar-refractivity contribution in [3.05, 3.63) is 72.1 Å². The Hall–Kier alpha value is -3.22. The maximum atomic E-state index is 13.6. The highest BCUT2D eigenvalue weighted by Crippen LogP contribution is 2.33. The molecule has 1 aromatic heterocycles. The molecule has 4 rings (SSSR count). The number of hydrogen-bond acceptors (Lipinski definition) is 5. The standard InChI is InChI=1S/C20H21N5O2/c1-27-18-10-6-5-9-16(18)13-24(17-11-12-17)20(26)19(25-14-21-22-23-25)15-7-3-2-4-8-15/h2-10,14,17,19H,11-13H2,1H3. The summed E-state index contributed by atoms with van der Waals surface area (Å²) in [4.78, 5) is 15.5. The van der Waals surface area contributed by atoms with Gasteiger partial charge in [-0.2, -0.15) is 0 Å². The van der Waals surface area contributed by atoms with Crippen LogP contribution < -0.4 is 4.74 Å². The number of para-hydroxylation sites is 1. The van der Waals surface area contributed by atoms with E-state index in [0.29, 0.717) is 6.54 Å². The molecule has 2 aromatic carbocycles. The van der Waals surface area contributed by atoms with Crippen LogP contribution >= 0.6 is 0 Å². The average Bonchev–Trinajstić information content (AvgIpc) is 3.42. The number of nitrogens with zero attached hydrogens (tertiary/aromatic N) is 5. The van der Waals surface area contributed by atoms with Crippen molar-refractivity contribution in [3.8, 4) is 5.75 Å². The number of rotatable bonds is 7. The Labute approximate surface area is 157 Å². The van der Waals surface area contributed by atoms with Crippen LogP contribution in [-0.2, 0) is 11.3 Å². The fraction of sp³-hybridized carbons (Fsp3) is 0.300. The van der Waals surface area contributed by atoms with Gasteiger partial charge in [0, 0.05) is 18.2 Å². The summed E-state index contributed by atoms with van der Waals surface area (Å²) in [5.41, 5.74) is 1.85. The summed E-state index contributed by atoms with van der Waals surface area (Å²) in [6.45, 7) is 0.499. The Morgan fingerprint density at radius 2 is 1.93 bits per heavy atom. The van der Waals surface area contributed by atoms with Crippen LogP contribution in [0.25, 0.3) is 0 Å². The molecule has 1 atom stereocenters. The number of ether oxygens (including phenoxy) is 1. The third-order valence-electron chi connectivity index (χ3n) is 4.78. The zero-order chi connectivity index (χ0) is 18.6. The Kier molecular flexibility index (Phi) is 4.82. The summed E-state index contributed by atoms with van der Waals surface area (Å²) in [5, 5.41) is 11.4. The second kappa shape index (κ2) is 7.57. The maximum Gasteiger partial charge on any atom is 0.252 e. The zero-order valence-electron chi connectivity index (χ0n) is 15.1. The van der Waals surface area contributed by atoms with Crippen LogP contribution in [-0.4, -0.2) is 44.2 Å². The minimum absolute atomic E-state index is 0.0121. The van der Waals surface area contributed by atoms with E-state index in [1.165, 1.54) is 11.0 Å². The fourth-order valence-electron chi connectivity index (χ4n) is 3.28. The van der Waals surface area contributed by atoms with Gasteiger partial charge in [0.25, 0.3) is 5.91 Å². The van der Waals surface area contributed by atoms with Gasteiger partial charge in [0.05, 0.1) is 7.11 Å². The van der Waals surface area contributed by atoms with Crippen LogP contribution in [0.15, 0.2) is 60.9 Å². The van der Waals surface area contributed by atoms with Crippen molar-refractivity contribution < 1.29 is 9.53 Å². The third kappa shape index (κ3) is 3.67. The molecular formula is C20H21N5O2. The van der Waals surface area contributed by atoms with Gasteiger partial charge in [0.1, 0.15) is 12.1 Å². The van der Waals surface area contributed by atoms with E-state index in [4.69, 9.17) is 4.74 Å². The van der Waals surface area contributed by atoms with Gasteiger partial charge in [0.2, 0.25) is 0 Å². The first kappa shape index (κ1) is 17.2. The topological polar surface area (TPSA) is 73.1 Å². The van der Waals surface area contributed by atoms with E-state index in [-0.39, 0.29) is 11.9 Å². The molecule has 0 aliphatic heterocycles. The molecule has 3 aromatic rings. The lowest BCUT2D eigenvalue weighted by molar-refractivity contribution is -0.135. The SMILES string of the molecule is COc1ccccc1CN(C(=O)C(c1ccccc1)n1cnnn1)C1CC1. The average molecular weight is 363 g/mol. The quantitative estimate of drug-likeness (QED) is 0.645. The van der Waals surface area contributed by atoms with Gasteiger partial charge in [-0.05, 0) is 34.9 Å². The number of amides is 1. The molecule has 1 fully saturated rings. The molecule has 1 unspecified atom stereocenters. The van der Waals surface area contributed by atoms with Gasteiger partial charge in [-0.15, -0.1) is 5.10 Å². The van der Waals surface area contributed by atoms with Crippen molar-refractivity contribution in [2.45, 2.75) is 31.5 Å². The largest absolute Gasteiger partial charge is 0.496 e. The second-order valence-electron chi connectivity index (χ2n) is 6.61.